The molecule has 0 radical (unpaired) electrons. The minimum atomic E-state index is 0.506. The van der Waals surface area contributed by atoms with Gasteiger partial charge in [-0.3, -0.25) is 0 Å². The van der Waals surface area contributed by atoms with Crippen LogP contribution in [0.15, 0.2) is 0 Å². The summed E-state index contributed by atoms with van der Waals surface area (Å²) in [5.74, 6) is 0.962. The maximum Gasteiger partial charge on any atom is 0.0699 e. The molecule has 1 aliphatic carbocycles. The van der Waals surface area contributed by atoms with Crippen molar-refractivity contribution in [3.8, 4) is 0 Å². The van der Waals surface area contributed by atoms with Gasteiger partial charge < -0.3 is 10.1 Å². The van der Waals surface area contributed by atoms with Crippen LogP contribution in [0.3, 0.4) is 0 Å². The van der Waals surface area contributed by atoms with E-state index in [9.17, 15) is 0 Å². The lowest BCUT2D eigenvalue weighted by Crippen LogP contribution is -2.33. The van der Waals surface area contributed by atoms with Gasteiger partial charge in [0.25, 0.3) is 0 Å². The Balaban J connectivity index is 1.57. The van der Waals surface area contributed by atoms with Crippen molar-refractivity contribution in [2.24, 2.45) is 5.92 Å². The molecule has 1 aliphatic heterocycles. The van der Waals surface area contributed by atoms with Crippen molar-refractivity contribution < 1.29 is 4.74 Å². The average Bonchev–Trinajstić information content (AvgIpc) is 2.95. The van der Waals surface area contributed by atoms with E-state index in [1.807, 2.05) is 0 Å². The molecule has 2 fully saturated rings. The van der Waals surface area contributed by atoms with Crippen LogP contribution in [0.4, 0.5) is 0 Å². The molecule has 2 aliphatic rings. The minimum absolute atomic E-state index is 0.506. The zero-order valence-electron chi connectivity index (χ0n) is 8.59. The second-order valence-electron chi connectivity index (χ2n) is 4.41. The molecule has 0 spiro atoms. The Morgan fingerprint density at radius 2 is 2.31 bits per heavy atom. The molecule has 1 saturated carbocycles. The van der Waals surface area contributed by atoms with E-state index >= 15 is 0 Å². The monoisotopic (exact) mass is 183 g/mol. The largest absolute Gasteiger partial charge is 0.377 e. The van der Waals surface area contributed by atoms with Gasteiger partial charge >= 0.3 is 0 Å². The molecule has 1 saturated heterocycles. The number of ether oxygens (including phenoxy) is 1. The van der Waals surface area contributed by atoms with Gasteiger partial charge in [-0.25, -0.2) is 0 Å². The molecule has 1 heterocycles. The molecular formula is C11H21NO. The smallest absolute Gasteiger partial charge is 0.0699 e. The minimum Gasteiger partial charge on any atom is -0.377 e. The Hall–Kier alpha value is -0.0800. The maximum atomic E-state index is 5.66. The lowest BCUT2D eigenvalue weighted by molar-refractivity contribution is 0.0165. The van der Waals surface area contributed by atoms with Crippen molar-refractivity contribution >= 4 is 0 Å². The van der Waals surface area contributed by atoms with E-state index in [1.54, 1.807) is 0 Å². The summed E-state index contributed by atoms with van der Waals surface area (Å²) in [4.78, 5) is 0. The van der Waals surface area contributed by atoms with Gasteiger partial charge in [0.1, 0.15) is 0 Å². The third-order valence-corrected chi connectivity index (χ3v) is 3.33. The van der Waals surface area contributed by atoms with E-state index in [0.717, 1.165) is 25.1 Å². The molecule has 76 valence electrons. The zero-order chi connectivity index (χ0) is 9.10. The van der Waals surface area contributed by atoms with Crippen molar-refractivity contribution in [3.63, 3.8) is 0 Å². The van der Waals surface area contributed by atoms with Crippen LogP contribution in [-0.2, 0) is 4.74 Å². The number of hydrogen-bond donors (Lipinski definition) is 1. The highest BCUT2D eigenvalue weighted by atomic mass is 16.5. The van der Waals surface area contributed by atoms with Crippen LogP contribution in [0, 0.1) is 5.92 Å². The number of hydrogen-bond acceptors (Lipinski definition) is 2. The molecule has 2 nitrogen and oxygen atoms in total. The maximum absolute atomic E-state index is 5.66. The molecule has 0 aromatic rings. The van der Waals surface area contributed by atoms with Crippen molar-refractivity contribution in [3.05, 3.63) is 0 Å². The highest BCUT2D eigenvalue weighted by Crippen LogP contribution is 2.33. The molecule has 3 unspecified atom stereocenters. The number of rotatable bonds is 4. The lowest BCUT2D eigenvalue weighted by atomic mass is 10.1. The normalized spacial score (nSPS) is 39.0. The van der Waals surface area contributed by atoms with Crippen LogP contribution in [0.5, 0.6) is 0 Å². The summed E-state index contributed by atoms with van der Waals surface area (Å²) in [5.41, 5.74) is 0. The Kier molecular flexibility index (Phi) is 3.23. The van der Waals surface area contributed by atoms with Crippen LogP contribution in [0.1, 0.15) is 39.0 Å². The quantitative estimate of drug-likeness (QED) is 0.719. The first-order valence-corrected chi connectivity index (χ1v) is 5.75. The summed E-state index contributed by atoms with van der Waals surface area (Å²) >= 11 is 0. The van der Waals surface area contributed by atoms with Crippen LogP contribution < -0.4 is 5.32 Å². The average molecular weight is 183 g/mol. The Labute approximate surface area is 81.0 Å². The number of nitrogens with one attached hydrogen (secondary N) is 1. The van der Waals surface area contributed by atoms with Gasteiger partial charge in [-0.2, -0.15) is 0 Å². The van der Waals surface area contributed by atoms with Crippen molar-refractivity contribution in [2.45, 2.75) is 51.2 Å². The van der Waals surface area contributed by atoms with E-state index < -0.39 is 0 Å². The lowest BCUT2D eigenvalue weighted by Gasteiger charge is -2.22. The van der Waals surface area contributed by atoms with E-state index in [4.69, 9.17) is 4.74 Å². The molecule has 3 atom stereocenters. The van der Waals surface area contributed by atoms with Crippen molar-refractivity contribution in [1.29, 1.82) is 0 Å². The van der Waals surface area contributed by atoms with Gasteiger partial charge in [0, 0.05) is 19.2 Å². The molecular weight excluding hydrogens is 162 g/mol. The van der Waals surface area contributed by atoms with Gasteiger partial charge in [-0.05, 0) is 31.6 Å². The Bertz CT molecular complexity index is 154. The molecule has 0 aromatic heterocycles. The standard InChI is InChI=1S/C11H21NO/c1-2-9-7-11(9)12-8-10-5-3-4-6-13-10/h9-12H,2-8H2,1H3. The molecule has 0 aromatic carbocycles. The molecule has 1 N–H and O–H groups in total. The predicted octanol–water partition coefficient (Wildman–Crippen LogP) is 1.94. The highest BCUT2D eigenvalue weighted by Gasteiger charge is 2.35. The van der Waals surface area contributed by atoms with Crippen LogP contribution in [0.25, 0.3) is 0 Å². The van der Waals surface area contributed by atoms with Crippen molar-refractivity contribution in [2.75, 3.05) is 13.2 Å². The van der Waals surface area contributed by atoms with Crippen LogP contribution >= 0.6 is 0 Å². The van der Waals surface area contributed by atoms with E-state index in [0.29, 0.717) is 6.10 Å². The fourth-order valence-corrected chi connectivity index (χ4v) is 2.20. The Morgan fingerprint density at radius 3 is 2.92 bits per heavy atom. The highest BCUT2D eigenvalue weighted by molar-refractivity contribution is 4.92. The summed E-state index contributed by atoms with van der Waals surface area (Å²) < 4.78 is 5.66. The van der Waals surface area contributed by atoms with Crippen LogP contribution in [0.2, 0.25) is 0 Å². The SMILES string of the molecule is CCC1CC1NCC1CCCCO1. The third kappa shape index (κ3) is 2.68. The van der Waals surface area contributed by atoms with Gasteiger partial charge in [-0.1, -0.05) is 13.3 Å². The topological polar surface area (TPSA) is 21.3 Å². The summed E-state index contributed by atoms with van der Waals surface area (Å²) in [6.45, 7) is 4.35. The zero-order valence-corrected chi connectivity index (χ0v) is 8.59. The fourth-order valence-electron chi connectivity index (χ4n) is 2.20. The Morgan fingerprint density at radius 1 is 1.38 bits per heavy atom. The first-order valence-electron chi connectivity index (χ1n) is 5.75. The van der Waals surface area contributed by atoms with E-state index in [1.165, 1.54) is 32.1 Å². The molecule has 13 heavy (non-hydrogen) atoms. The summed E-state index contributed by atoms with van der Waals surface area (Å²) in [6.07, 6.45) is 7.11. The molecule has 2 rings (SSSR count). The summed E-state index contributed by atoms with van der Waals surface area (Å²) in [7, 11) is 0. The third-order valence-electron chi connectivity index (χ3n) is 3.33. The van der Waals surface area contributed by atoms with Gasteiger partial charge in [0.2, 0.25) is 0 Å². The molecule has 0 bridgehead atoms. The second kappa shape index (κ2) is 4.43. The van der Waals surface area contributed by atoms with E-state index in [-0.39, 0.29) is 0 Å². The fraction of sp³-hybridized carbons (Fsp3) is 1.00. The van der Waals surface area contributed by atoms with E-state index in [2.05, 4.69) is 12.2 Å². The summed E-state index contributed by atoms with van der Waals surface area (Å²) in [5, 5.41) is 3.60. The van der Waals surface area contributed by atoms with Crippen LogP contribution in [-0.4, -0.2) is 25.3 Å². The summed E-state index contributed by atoms with van der Waals surface area (Å²) in [6, 6.07) is 0.815. The van der Waals surface area contributed by atoms with Gasteiger partial charge in [0.15, 0.2) is 0 Å². The second-order valence-corrected chi connectivity index (χ2v) is 4.41. The predicted molar refractivity (Wildman–Crippen MR) is 53.8 cm³/mol. The van der Waals surface area contributed by atoms with Gasteiger partial charge in [0.05, 0.1) is 6.10 Å². The first kappa shape index (κ1) is 9.47. The molecule has 0 amide bonds. The van der Waals surface area contributed by atoms with Gasteiger partial charge in [-0.15, -0.1) is 0 Å². The molecule has 2 heteroatoms. The van der Waals surface area contributed by atoms with Crippen molar-refractivity contribution in [1.82, 2.24) is 5.32 Å². The first-order chi connectivity index (χ1) is 6.40.